The van der Waals surface area contributed by atoms with E-state index in [0.717, 1.165) is 10.3 Å². The third-order valence-electron chi connectivity index (χ3n) is 1.57. The van der Waals surface area contributed by atoms with Gasteiger partial charge in [-0.1, -0.05) is 12.2 Å². The minimum Gasteiger partial charge on any atom is -0.624 e. The van der Waals surface area contributed by atoms with E-state index in [9.17, 15) is 5.21 Å². The molecule has 0 aliphatic carbocycles. The van der Waals surface area contributed by atoms with Crippen molar-refractivity contribution >= 4 is 6.21 Å². The number of rotatable bonds is 5. The van der Waals surface area contributed by atoms with Crippen molar-refractivity contribution in [3.8, 4) is 0 Å². The average molecular weight is 199 g/mol. The molecule has 0 aromatic rings. The highest BCUT2D eigenvalue weighted by atomic mass is 16.5. The molecule has 0 unspecified atom stereocenters. The molecule has 0 bridgehead atoms. The van der Waals surface area contributed by atoms with Gasteiger partial charge in [-0.15, -0.1) is 0 Å². The van der Waals surface area contributed by atoms with Crippen LogP contribution in [0.15, 0.2) is 12.2 Å². The van der Waals surface area contributed by atoms with Crippen LogP contribution in [0.3, 0.4) is 0 Å². The summed E-state index contributed by atoms with van der Waals surface area (Å²) in [7, 11) is 0. The molecule has 0 radical (unpaired) electrons. The number of hydroxylamine groups is 1. The summed E-state index contributed by atoms with van der Waals surface area (Å²) in [5, 5.41) is 11.3. The van der Waals surface area contributed by atoms with E-state index in [-0.39, 0.29) is 5.54 Å². The molecule has 0 aliphatic heterocycles. The van der Waals surface area contributed by atoms with Crippen LogP contribution in [0, 0.1) is 5.21 Å². The van der Waals surface area contributed by atoms with E-state index in [1.54, 1.807) is 6.21 Å². The van der Waals surface area contributed by atoms with Crippen LogP contribution >= 0.6 is 0 Å². The lowest BCUT2D eigenvalue weighted by molar-refractivity contribution is -0.532. The minimum atomic E-state index is -0.353. The molecule has 0 heterocycles. The zero-order valence-electron chi connectivity index (χ0n) is 9.67. The maximum absolute atomic E-state index is 11.3. The predicted molar refractivity (Wildman–Crippen MR) is 59.7 cm³/mol. The van der Waals surface area contributed by atoms with Crippen molar-refractivity contribution in [2.45, 2.75) is 39.7 Å². The van der Waals surface area contributed by atoms with E-state index in [4.69, 9.17) is 4.74 Å². The van der Waals surface area contributed by atoms with Crippen LogP contribution in [0.5, 0.6) is 0 Å². The van der Waals surface area contributed by atoms with E-state index in [2.05, 4.69) is 6.58 Å². The second kappa shape index (κ2) is 5.81. The first-order chi connectivity index (χ1) is 6.34. The molecule has 0 spiro atoms. The summed E-state index contributed by atoms with van der Waals surface area (Å²) in [5.41, 5.74) is 0.647. The highest BCUT2D eigenvalue weighted by Crippen LogP contribution is 2.04. The van der Waals surface area contributed by atoms with Gasteiger partial charge in [-0.25, -0.2) is 4.74 Å². The standard InChI is InChI=1S/C11H21NO2/c1-10(2)9-14-8-6-7-12(13)11(3,4)5/h7H,1,6,8-9H2,2-5H3/b12-7-. The van der Waals surface area contributed by atoms with Crippen molar-refractivity contribution in [1.29, 1.82) is 0 Å². The van der Waals surface area contributed by atoms with Gasteiger partial charge in [0.1, 0.15) is 0 Å². The molecule has 0 saturated carbocycles. The van der Waals surface area contributed by atoms with E-state index in [1.165, 1.54) is 0 Å². The smallest absolute Gasteiger partial charge is 0.164 e. The minimum absolute atomic E-state index is 0.353. The Bertz CT molecular complexity index is 214. The number of hydrogen-bond acceptors (Lipinski definition) is 2. The van der Waals surface area contributed by atoms with Gasteiger partial charge in [0, 0.05) is 27.2 Å². The Balaban J connectivity index is 3.67. The van der Waals surface area contributed by atoms with Gasteiger partial charge in [0.2, 0.25) is 0 Å². The van der Waals surface area contributed by atoms with Crippen LogP contribution in [0.2, 0.25) is 0 Å². The lowest BCUT2D eigenvalue weighted by atomic mass is 10.1. The van der Waals surface area contributed by atoms with Gasteiger partial charge in [0.05, 0.1) is 13.2 Å². The molecule has 3 nitrogen and oxygen atoms in total. The van der Waals surface area contributed by atoms with Gasteiger partial charge in [-0.3, -0.25) is 0 Å². The van der Waals surface area contributed by atoms with Gasteiger partial charge < -0.3 is 9.94 Å². The largest absolute Gasteiger partial charge is 0.624 e. The zero-order chi connectivity index (χ0) is 11.2. The number of ether oxygens (including phenoxy) is 1. The first kappa shape index (κ1) is 13.2. The zero-order valence-corrected chi connectivity index (χ0v) is 9.67. The number of hydrogen-bond donors (Lipinski definition) is 0. The van der Waals surface area contributed by atoms with Crippen molar-refractivity contribution in [2.24, 2.45) is 0 Å². The van der Waals surface area contributed by atoms with Crippen LogP contribution in [0.1, 0.15) is 34.1 Å². The molecule has 0 rings (SSSR count). The third-order valence-corrected chi connectivity index (χ3v) is 1.57. The summed E-state index contributed by atoms with van der Waals surface area (Å²) in [5.74, 6) is 0. The lowest BCUT2D eigenvalue weighted by Crippen LogP contribution is -2.29. The second-order valence-electron chi connectivity index (χ2n) is 4.48. The Morgan fingerprint density at radius 3 is 2.50 bits per heavy atom. The highest BCUT2D eigenvalue weighted by molar-refractivity contribution is 5.51. The third kappa shape index (κ3) is 6.66. The molecule has 0 saturated heterocycles. The molecule has 14 heavy (non-hydrogen) atoms. The van der Waals surface area contributed by atoms with Crippen molar-refractivity contribution in [1.82, 2.24) is 0 Å². The fraction of sp³-hybridized carbons (Fsp3) is 0.727. The molecular weight excluding hydrogens is 178 g/mol. The first-order valence-corrected chi connectivity index (χ1v) is 4.86. The van der Waals surface area contributed by atoms with E-state index in [0.29, 0.717) is 19.6 Å². The maximum atomic E-state index is 11.3. The van der Waals surface area contributed by atoms with Crippen molar-refractivity contribution in [3.63, 3.8) is 0 Å². The average Bonchev–Trinajstić information content (AvgIpc) is 2.01. The molecule has 0 aliphatic rings. The van der Waals surface area contributed by atoms with Crippen LogP contribution in [-0.2, 0) is 4.74 Å². The van der Waals surface area contributed by atoms with Gasteiger partial charge >= 0.3 is 0 Å². The van der Waals surface area contributed by atoms with Gasteiger partial charge in [-0.05, 0) is 6.92 Å². The molecule has 82 valence electrons. The molecule has 0 aromatic carbocycles. The van der Waals surface area contributed by atoms with Crippen molar-refractivity contribution in [3.05, 3.63) is 17.4 Å². The van der Waals surface area contributed by atoms with Gasteiger partial charge in [0.25, 0.3) is 0 Å². The SMILES string of the molecule is C=C(C)COCC/C=[N+](\[O-])C(C)(C)C. The molecule has 3 heteroatoms. The topological polar surface area (TPSA) is 35.3 Å². The van der Waals surface area contributed by atoms with Crippen LogP contribution in [-0.4, -0.2) is 29.7 Å². The van der Waals surface area contributed by atoms with Crippen LogP contribution in [0.4, 0.5) is 0 Å². The molecule has 0 amide bonds. The quantitative estimate of drug-likeness (QED) is 0.170. The summed E-state index contributed by atoms with van der Waals surface area (Å²) >= 11 is 0. The Hall–Kier alpha value is -0.830. The molecule has 0 fully saturated rings. The Morgan fingerprint density at radius 2 is 2.07 bits per heavy atom. The molecule has 0 atom stereocenters. The molecular formula is C11H21NO2. The second-order valence-corrected chi connectivity index (χ2v) is 4.48. The van der Waals surface area contributed by atoms with Gasteiger partial charge in [0.15, 0.2) is 11.8 Å². The Morgan fingerprint density at radius 1 is 1.50 bits per heavy atom. The fourth-order valence-corrected chi connectivity index (χ4v) is 0.774. The van der Waals surface area contributed by atoms with Crippen molar-refractivity contribution < 1.29 is 9.48 Å². The summed E-state index contributed by atoms with van der Waals surface area (Å²) in [6.07, 6.45) is 2.27. The molecule has 0 aromatic heterocycles. The summed E-state index contributed by atoms with van der Waals surface area (Å²) in [4.78, 5) is 0. The van der Waals surface area contributed by atoms with E-state index < -0.39 is 0 Å². The lowest BCUT2D eigenvalue weighted by Gasteiger charge is -2.18. The fourth-order valence-electron chi connectivity index (χ4n) is 0.774. The first-order valence-electron chi connectivity index (χ1n) is 4.86. The highest BCUT2D eigenvalue weighted by Gasteiger charge is 2.17. The van der Waals surface area contributed by atoms with Crippen molar-refractivity contribution in [2.75, 3.05) is 13.2 Å². The van der Waals surface area contributed by atoms with Crippen LogP contribution in [0.25, 0.3) is 0 Å². The summed E-state index contributed by atoms with van der Waals surface area (Å²) in [6.45, 7) is 12.4. The normalized spacial score (nSPS) is 13.0. The van der Waals surface area contributed by atoms with Gasteiger partial charge in [-0.2, -0.15) is 0 Å². The summed E-state index contributed by atoms with van der Waals surface area (Å²) in [6, 6.07) is 0. The number of nitrogens with zero attached hydrogens (tertiary/aromatic N) is 1. The van der Waals surface area contributed by atoms with E-state index >= 15 is 0 Å². The Labute approximate surface area is 86.7 Å². The summed E-state index contributed by atoms with van der Waals surface area (Å²) < 4.78 is 6.23. The Kier molecular flexibility index (Phi) is 5.46. The predicted octanol–water partition coefficient (Wildman–Crippen LogP) is 2.35. The van der Waals surface area contributed by atoms with Crippen LogP contribution < -0.4 is 0 Å². The molecule has 0 N–H and O–H groups in total. The maximum Gasteiger partial charge on any atom is 0.164 e. The monoisotopic (exact) mass is 199 g/mol. The van der Waals surface area contributed by atoms with E-state index in [1.807, 2.05) is 27.7 Å².